The van der Waals surface area contributed by atoms with Crippen LogP contribution in [0.4, 0.5) is 95.2 Å². The number of rotatable bonds is 14. The first-order valence-corrected chi connectivity index (χ1v) is 38.3. The number of hydrogen-bond donors (Lipinski definition) is 12. The summed E-state index contributed by atoms with van der Waals surface area (Å²) in [6.45, 7) is 12.7. The van der Waals surface area contributed by atoms with E-state index in [1.54, 1.807) is 55.8 Å². The van der Waals surface area contributed by atoms with E-state index in [2.05, 4.69) is 123 Å². The van der Waals surface area contributed by atoms with Gasteiger partial charge in [0, 0.05) is 141 Å². The highest BCUT2D eigenvalue weighted by atomic mass is 19.4. The van der Waals surface area contributed by atoms with E-state index in [0.717, 1.165) is 97.8 Å². The van der Waals surface area contributed by atoms with Crippen molar-refractivity contribution in [1.82, 2.24) is 85.9 Å². The van der Waals surface area contributed by atoms with Gasteiger partial charge in [-0.3, -0.25) is 50.0 Å². The second-order valence-corrected chi connectivity index (χ2v) is 30.3. The highest BCUT2D eigenvalue weighted by Crippen LogP contribution is 2.42. The Morgan fingerprint density at radius 2 is 0.750 bits per heavy atom. The number of nitrogens with one attached hydrogen (secondary N) is 12. The number of nitrogens with zero attached hydrogens (tertiary/aromatic N) is 12. The predicted molar refractivity (Wildman–Crippen MR) is 453 cm³/mol. The Morgan fingerprint density at radius 1 is 0.395 bits per heavy atom. The molecule has 12 N–H and O–H groups in total. The van der Waals surface area contributed by atoms with Crippen LogP contribution in [-0.4, -0.2) is 117 Å². The molecule has 0 spiro atoms. The van der Waals surface area contributed by atoms with E-state index in [4.69, 9.17) is 31.6 Å². The van der Waals surface area contributed by atoms with Gasteiger partial charge in [0.25, 0.3) is 0 Å². The number of benzene rings is 5. The lowest BCUT2D eigenvalue weighted by Crippen LogP contribution is -2.27. The largest absolute Gasteiger partial charge is 0.484 e. The first-order chi connectivity index (χ1) is 59.7. The van der Waals surface area contributed by atoms with Crippen LogP contribution in [0.2, 0.25) is 0 Å². The van der Waals surface area contributed by atoms with Crippen LogP contribution in [0.15, 0.2) is 224 Å². The lowest BCUT2D eigenvalue weighted by molar-refractivity contribution is -0.137. The molecular formula is C85H72F6N24O9. The number of anilines is 12. The highest BCUT2D eigenvalue weighted by Gasteiger charge is 2.36. The number of ether oxygens (including phenoxy) is 2. The fourth-order valence-electron chi connectivity index (χ4n) is 13.0. The van der Waals surface area contributed by atoms with Crippen LogP contribution in [0.25, 0.3) is 110 Å². The van der Waals surface area contributed by atoms with Gasteiger partial charge in [0.05, 0.1) is 39.9 Å². The molecule has 33 nitrogen and oxygen atoms in total. The molecule has 1 aliphatic heterocycles. The second kappa shape index (κ2) is 33.3. The molecule has 1 unspecified atom stereocenters. The minimum atomic E-state index is -4.45. The van der Waals surface area contributed by atoms with Crippen molar-refractivity contribution in [1.29, 1.82) is 0 Å². The maximum absolute atomic E-state index is 12.8. The van der Waals surface area contributed by atoms with Gasteiger partial charge in [-0.1, -0.05) is 41.5 Å². The van der Waals surface area contributed by atoms with Crippen LogP contribution in [0.3, 0.4) is 0 Å². The summed E-state index contributed by atoms with van der Waals surface area (Å²) in [7, 11) is 0. The van der Waals surface area contributed by atoms with E-state index in [0.29, 0.717) is 104 Å². The summed E-state index contributed by atoms with van der Waals surface area (Å²) in [5.74, 6) is 3.60. The van der Waals surface area contributed by atoms with Crippen LogP contribution in [-0.2, 0) is 26.7 Å². The Balaban J connectivity index is 0.000000110. The Morgan fingerprint density at radius 3 is 1.15 bits per heavy atom. The molecule has 2 amide bonds. The first-order valence-electron chi connectivity index (χ1n) is 38.3. The third kappa shape index (κ3) is 17.6. The highest BCUT2D eigenvalue weighted by molar-refractivity contribution is 6.05. The number of furan rings is 5. The number of H-pyrrole nitrogens is 5. The molecule has 0 aliphatic carbocycles. The Kier molecular flexibility index (Phi) is 21.6. The standard InChI is InChI=1S/C19H19N5O2.C19H18N4O3.C18H18N6O2.C15H9F3N4O.C14H8F3N5O/c1-19(2,3)18(25)22-14-10-26-15-9-11(6-7-12(14)15)21-17-16-13(23-24-17)5-4-8-20-16;1-4-15-18(20-7-1)19(23-22-15)21-12-5-6-14-16(9-12)25-11-17(14)26-13-3-2-8-24-10-13;1-18(2,3)17(25)22-12-9-26-13-8-10(4-5-11(12)13)21-16-14-15(23-24-16)20-7-6-19-14;16-15(17,18)10-7-23-12-6-8(3-4-9(10)12)20-14-13-11(21-22-14)2-1-5-19-13;15-14(16,17)9-6-23-10-5-7(1-2-8(9)10)20-13-11-12(21-22-13)19-4-3-18-11/h4-10H,1-3H3,(H,22,25)(H2,21,23,24);1,4-7,9,11,13H,2-3,8,10H2,(H2,21,22,23);4-9H,1-3H3,(H,22,25)(H2,20,21,23,24);1-7H,(H2,20,21,22);1-6H,(H2,19,20,21,22). The van der Waals surface area contributed by atoms with Gasteiger partial charge in [-0.15, -0.1) is 0 Å². The van der Waals surface area contributed by atoms with E-state index in [1.807, 2.05) is 126 Å². The molecule has 39 heteroatoms. The van der Waals surface area contributed by atoms with Gasteiger partial charge in [-0.05, 0) is 110 Å². The zero-order chi connectivity index (χ0) is 86.0. The summed E-state index contributed by atoms with van der Waals surface area (Å²) >= 11 is 0. The number of aromatic nitrogens is 17. The van der Waals surface area contributed by atoms with E-state index in [9.17, 15) is 35.9 Å². The SMILES string of the molecule is CC(C)(C)C(=O)Nc1coc2cc(Nc3[nH]nc4nccnc34)ccc12.CC(C)(C)C(=O)Nc1coc2cc(Nc3n[nH]c4cccnc34)ccc12.FC(F)(F)c1coc2cc(Nc3[nH]nc4nccnc34)ccc12.FC(F)(F)c1coc2cc(Nc3n[nH]c4cccnc34)ccc12.c1cnc2c(Nc3ccc4c(OC5CCCOC5)coc4c3)n[nH]c2c1. The number of amides is 2. The molecule has 1 saturated heterocycles. The molecule has 1 atom stereocenters. The van der Waals surface area contributed by atoms with Gasteiger partial charge >= 0.3 is 12.4 Å². The van der Waals surface area contributed by atoms with Crippen LogP contribution >= 0.6 is 0 Å². The average Bonchev–Trinajstić information content (AvgIpc) is 1.64. The van der Waals surface area contributed by atoms with Gasteiger partial charge < -0.3 is 68.8 Å². The molecule has 0 saturated carbocycles. The van der Waals surface area contributed by atoms with Crippen molar-refractivity contribution < 1.29 is 67.5 Å². The molecular weight excluding hydrogens is 1620 g/mol. The predicted octanol–water partition coefficient (Wildman–Crippen LogP) is 20.6. The Labute approximate surface area is 694 Å². The van der Waals surface area contributed by atoms with Crippen LogP contribution in [0.5, 0.6) is 5.75 Å². The van der Waals surface area contributed by atoms with Crippen LogP contribution < -0.4 is 42.0 Å². The van der Waals surface area contributed by atoms with Gasteiger partial charge in [-0.25, -0.2) is 19.9 Å². The number of halogens is 6. The summed E-state index contributed by atoms with van der Waals surface area (Å²) < 4.78 is 115. The minimum absolute atomic E-state index is 0.0114. The summed E-state index contributed by atoms with van der Waals surface area (Å²) in [6.07, 6.45) is 10.8. The third-order valence-electron chi connectivity index (χ3n) is 19.4. The summed E-state index contributed by atoms with van der Waals surface area (Å²) in [5.41, 5.74) is 11.6. The first kappa shape index (κ1) is 80.5. The maximum Gasteiger partial charge on any atom is 0.420 e. The Hall–Kier alpha value is -16.0. The molecule has 20 aromatic rings. The van der Waals surface area contributed by atoms with E-state index >= 15 is 0 Å². The lowest BCUT2D eigenvalue weighted by Gasteiger charge is -2.22. The fourth-order valence-corrected chi connectivity index (χ4v) is 13.0. The summed E-state index contributed by atoms with van der Waals surface area (Å²) in [6, 6.07) is 37.2. The van der Waals surface area contributed by atoms with Gasteiger partial charge in [0.1, 0.15) is 93.0 Å². The normalized spacial score (nSPS) is 13.1. The molecule has 21 rings (SSSR count). The third-order valence-corrected chi connectivity index (χ3v) is 19.4. The number of aromatic amines is 5. The van der Waals surface area contributed by atoms with Crippen molar-refractivity contribution in [2.45, 2.75) is 72.8 Å². The topological polar surface area (TPSA) is 436 Å². The molecule has 0 radical (unpaired) electrons. The minimum Gasteiger partial charge on any atom is -0.484 e. The van der Waals surface area contributed by atoms with E-state index < -0.39 is 34.3 Å². The number of alkyl halides is 6. The monoisotopic (exact) mass is 1690 g/mol. The van der Waals surface area contributed by atoms with Crippen LogP contribution in [0, 0.1) is 10.8 Å². The molecule has 1 fully saturated rings. The molecule has 124 heavy (non-hydrogen) atoms. The number of carbonyl (C=O) groups is 2. The number of fused-ring (bicyclic) bond motifs is 10. The quantitative estimate of drug-likeness (QED) is 0.0450. The summed E-state index contributed by atoms with van der Waals surface area (Å²) in [4.78, 5) is 53.9. The van der Waals surface area contributed by atoms with E-state index in [-0.39, 0.29) is 39.9 Å². The van der Waals surface area contributed by atoms with Crippen molar-refractivity contribution in [2.24, 2.45) is 10.8 Å². The number of hydrogen-bond acceptors (Lipinski definition) is 26. The molecule has 0 bridgehead atoms. The van der Waals surface area contributed by atoms with Crippen LogP contribution in [0.1, 0.15) is 65.5 Å². The zero-order valence-electron chi connectivity index (χ0n) is 66.3. The van der Waals surface area contributed by atoms with Crippen molar-refractivity contribution in [3.63, 3.8) is 0 Å². The maximum atomic E-state index is 12.8. The molecule has 5 aromatic carbocycles. The average molecular weight is 1690 g/mol. The van der Waals surface area contributed by atoms with E-state index in [1.165, 1.54) is 48.8 Å². The molecule has 16 heterocycles. The number of pyridine rings is 3. The van der Waals surface area contributed by atoms with Gasteiger partial charge in [0.2, 0.25) is 23.1 Å². The second-order valence-electron chi connectivity index (χ2n) is 30.3. The fraction of sp³-hybridized carbons (Fsp3) is 0.176. The van der Waals surface area contributed by atoms with Crippen molar-refractivity contribution in [3.8, 4) is 5.75 Å². The van der Waals surface area contributed by atoms with Gasteiger partial charge in [0.15, 0.2) is 45.9 Å². The molecule has 628 valence electrons. The number of carbonyl (C=O) groups excluding carboxylic acids is 2. The van der Waals surface area contributed by atoms with Gasteiger partial charge in [-0.2, -0.15) is 51.8 Å². The van der Waals surface area contributed by atoms with Crippen molar-refractivity contribution in [3.05, 3.63) is 213 Å². The molecule has 15 aromatic heterocycles. The summed E-state index contributed by atoms with van der Waals surface area (Å²) in [5, 5.41) is 59.3. The lowest BCUT2D eigenvalue weighted by atomic mass is 9.95. The van der Waals surface area contributed by atoms with Crippen molar-refractivity contribution in [2.75, 3.05) is 50.4 Å². The Bertz CT molecular complexity index is 6920. The molecule has 1 aliphatic rings. The van der Waals surface area contributed by atoms with Crippen molar-refractivity contribution >= 4 is 191 Å². The zero-order valence-corrected chi connectivity index (χ0v) is 66.3. The smallest absolute Gasteiger partial charge is 0.420 e.